The third-order valence-corrected chi connectivity index (χ3v) is 3.61. The molecule has 5 heteroatoms. The third kappa shape index (κ3) is 1.79. The minimum atomic E-state index is 0.404. The molecule has 0 spiro atoms. The Labute approximate surface area is 121 Å². The van der Waals surface area contributed by atoms with Gasteiger partial charge in [0, 0.05) is 23.7 Å². The molecule has 2 heterocycles. The molecule has 4 rings (SSSR count). The Morgan fingerprint density at radius 1 is 0.952 bits per heavy atom. The predicted molar refractivity (Wildman–Crippen MR) is 82.1 cm³/mol. The van der Waals surface area contributed by atoms with E-state index in [1.807, 2.05) is 59.4 Å². The highest BCUT2D eigenvalue weighted by atomic mass is 15.4. The summed E-state index contributed by atoms with van der Waals surface area (Å²) in [5.74, 6) is 0. The fraction of sp³-hybridized carbons (Fsp3) is 0.0625. The summed E-state index contributed by atoms with van der Waals surface area (Å²) in [6.45, 7) is 0.404. The van der Waals surface area contributed by atoms with Crippen LogP contribution in [0.3, 0.4) is 0 Å². The lowest BCUT2D eigenvalue weighted by Gasteiger charge is -2.11. The quantitative estimate of drug-likeness (QED) is 0.610. The second-order valence-electron chi connectivity index (χ2n) is 4.84. The van der Waals surface area contributed by atoms with Crippen molar-refractivity contribution in [1.29, 1.82) is 0 Å². The molecule has 102 valence electrons. The summed E-state index contributed by atoms with van der Waals surface area (Å²) in [6, 6.07) is 15.9. The number of nitrogens with two attached hydrogens (primary N) is 1. The molecule has 0 aliphatic rings. The van der Waals surface area contributed by atoms with Crippen molar-refractivity contribution >= 4 is 21.9 Å². The SMILES string of the molecule is NCc1cnc2ccccc2c1-n1nnc2ccccc21. The summed E-state index contributed by atoms with van der Waals surface area (Å²) in [5, 5.41) is 9.56. The van der Waals surface area contributed by atoms with Crippen molar-refractivity contribution in [3.63, 3.8) is 0 Å². The number of pyridine rings is 1. The van der Waals surface area contributed by atoms with Crippen LogP contribution >= 0.6 is 0 Å². The lowest BCUT2D eigenvalue weighted by Crippen LogP contribution is -2.07. The number of rotatable bonds is 2. The van der Waals surface area contributed by atoms with Crippen LogP contribution in [-0.4, -0.2) is 20.0 Å². The molecule has 0 saturated heterocycles. The van der Waals surface area contributed by atoms with E-state index in [2.05, 4.69) is 15.3 Å². The lowest BCUT2D eigenvalue weighted by molar-refractivity contribution is 0.815. The summed E-state index contributed by atoms with van der Waals surface area (Å²) in [4.78, 5) is 4.46. The van der Waals surface area contributed by atoms with E-state index in [0.29, 0.717) is 6.54 Å². The van der Waals surface area contributed by atoms with Gasteiger partial charge in [0.1, 0.15) is 5.52 Å². The maximum Gasteiger partial charge on any atom is 0.113 e. The molecule has 2 aromatic heterocycles. The zero-order valence-corrected chi connectivity index (χ0v) is 11.3. The fourth-order valence-corrected chi connectivity index (χ4v) is 2.60. The van der Waals surface area contributed by atoms with Gasteiger partial charge in [-0.3, -0.25) is 4.98 Å². The highest BCUT2D eigenvalue weighted by Crippen LogP contribution is 2.26. The normalized spacial score (nSPS) is 11.3. The van der Waals surface area contributed by atoms with Crippen LogP contribution in [0.25, 0.3) is 27.6 Å². The van der Waals surface area contributed by atoms with Crippen molar-refractivity contribution in [2.75, 3.05) is 0 Å². The van der Waals surface area contributed by atoms with Gasteiger partial charge in [0.05, 0.1) is 16.7 Å². The molecule has 0 unspecified atom stereocenters. The van der Waals surface area contributed by atoms with Crippen LogP contribution in [0.15, 0.2) is 54.7 Å². The number of fused-ring (bicyclic) bond motifs is 2. The molecule has 0 aliphatic heterocycles. The summed E-state index contributed by atoms with van der Waals surface area (Å²) in [6.07, 6.45) is 1.81. The highest BCUT2D eigenvalue weighted by Gasteiger charge is 2.13. The number of hydrogen-bond donors (Lipinski definition) is 1. The Morgan fingerprint density at radius 3 is 2.57 bits per heavy atom. The first-order valence-corrected chi connectivity index (χ1v) is 6.76. The van der Waals surface area contributed by atoms with Crippen molar-refractivity contribution < 1.29 is 0 Å². The van der Waals surface area contributed by atoms with Gasteiger partial charge in [-0.15, -0.1) is 5.10 Å². The van der Waals surface area contributed by atoms with Crippen molar-refractivity contribution in [3.8, 4) is 5.69 Å². The maximum absolute atomic E-state index is 5.89. The largest absolute Gasteiger partial charge is 0.326 e. The van der Waals surface area contributed by atoms with Crippen LogP contribution in [0.2, 0.25) is 0 Å². The van der Waals surface area contributed by atoms with Gasteiger partial charge in [0.25, 0.3) is 0 Å². The number of benzene rings is 2. The standard InChI is InChI=1S/C16H13N5/c17-9-11-10-18-13-6-2-1-5-12(13)16(11)21-15-8-4-3-7-14(15)19-20-21/h1-8,10H,9,17H2. The van der Waals surface area contributed by atoms with Gasteiger partial charge >= 0.3 is 0 Å². The molecule has 0 radical (unpaired) electrons. The number of hydrogen-bond acceptors (Lipinski definition) is 4. The molecule has 2 N–H and O–H groups in total. The van der Waals surface area contributed by atoms with Crippen LogP contribution in [0.5, 0.6) is 0 Å². The van der Waals surface area contributed by atoms with E-state index >= 15 is 0 Å². The summed E-state index contributed by atoms with van der Waals surface area (Å²) >= 11 is 0. The zero-order valence-electron chi connectivity index (χ0n) is 11.3. The predicted octanol–water partition coefficient (Wildman–Crippen LogP) is 2.43. The second kappa shape index (κ2) is 4.64. The Hall–Kier alpha value is -2.79. The summed E-state index contributed by atoms with van der Waals surface area (Å²) in [7, 11) is 0. The molecule has 21 heavy (non-hydrogen) atoms. The first-order valence-electron chi connectivity index (χ1n) is 6.76. The van der Waals surface area contributed by atoms with Gasteiger partial charge in [-0.1, -0.05) is 35.5 Å². The highest BCUT2D eigenvalue weighted by molar-refractivity contribution is 5.90. The van der Waals surface area contributed by atoms with Crippen molar-refractivity contribution in [2.45, 2.75) is 6.54 Å². The zero-order chi connectivity index (χ0) is 14.2. The fourth-order valence-electron chi connectivity index (χ4n) is 2.60. The van der Waals surface area contributed by atoms with Gasteiger partial charge in [-0.2, -0.15) is 0 Å². The third-order valence-electron chi connectivity index (χ3n) is 3.61. The Morgan fingerprint density at radius 2 is 1.71 bits per heavy atom. The Kier molecular flexibility index (Phi) is 2.65. The van der Waals surface area contributed by atoms with Gasteiger partial charge in [-0.25, -0.2) is 4.68 Å². The average molecular weight is 275 g/mol. The maximum atomic E-state index is 5.89. The van der Waals surface area contributed by atoms with E-state index in [0.717, 1.165) is 33.2 Å². The minimum absolute atomic E-state index is 0.404. The van der Waals surface area contributed by atoms with Crippen LogP contribution < -0.4 is 5.73 Å². The first kappa shape index (κ1) is 12.0. The summed E-state index contributed by atoms with van der Waals surface area (Å²) < 4.78 is 1.85. The number of nitrogens with zero attached hydrogens (tertiary/aromatic N) is 4. The number of para-hydroxylation sites is 2. The van der Waals surface area contributed by atoms with Gasteiger partial charge in [-0.05, 0) is 18.2 Å². The molecule has 0 atom stereocenters. The molecule has 2 aromatic carbocycles. The smallest absolute Gasteiger partial charge is 0.113 e. The molecule has 0 aliphatic carbocycles. The molecule has 0 saturated carbocycles. The topological polar surface area (TPSA) is 69.6 Å². The van der Waals surface area contributed by atoms with Crippen LogP contribution in [0.4, 0.5) is 0 Å². The summed E-state index contributed by atoms with van der Waals surface area (Å²) in [5.41, 5.74) is 10.5. The Bertz CT molecular complexity index is 942. The first-order chi connectivity index (χ1) is 10.4. The van der Waals surface area contributed by atoms with Crippen molar-refractivity contribution in [2.24, 2.45) is 5.73 Å². The van der Waals surface area contributed by atoms with Crippen LogP contribution in [0.1, 0.15) is 5.56 Å². The van der Waals surface area contributed by atoms with E-state index < -0.39 is 0 Å². The van der Waals surface area contributed by atoms with Crippen molar-refractivity contribution in [3.05, 3.63) is 60.3 Å². The van der Waals surface area contributed by atoms with Gasteiger partial charge in [0.2, 0.25) is 0 Å². The van der Waals surface area contributed by atoms with E-state index in [9.17, 15) is 0 Å². The average Bonchev–Trinajstić information content (AvgIpc) is 2.97. The van der Waals surface area contributed by atoms with Gasteiger partial charge < -0.3 is 5.73 Å². The van der Waals surface area contributed by atoms with Crippen LogP contribution in [0, 0.1) is 0 Å². The molecule has 0 amide bonds. The van der Waals surface area contributed by atoms with E-state index in [1.54, 1.807) is 0 Å². The molecule has 0 fully saturated rings. The molecular formula is C16H13N5. The molecule has 4 aromatic rings. The number of aromatic nitrogens is 4. The van der Waals surface area contributed by atoms with Gasteiger partial charge in [0.15, 0.2) is 0 Å². The molecular weight excluding hydrogens is 262 g/mol. The van der Waals surface area contributed by atoms with E-state index in [4.69, 9.17) is 5.73 Å². The van der Waals surface area contributed by atoms with E-state index in [1.165, 1.54) is 0 Å². The second-order valence-corrected chi connectivity index (χ2v) is 4.84. The minimum Gasteiger partial charge on any atom is -0.326 e. The molecule has 5 nitrogen and oxygen atoms in total. The Balaban J connectivity index is 2.14. The van der Waals surface area contributed by atoms with Crippen LogP contribution in [-0.2, 0) is 6.54 Å². The molecule has 0 bridgehead atoms. The van der Waals surface area contributed by atoms with E-state index in [-0.39, 0.29) is 0 Å². The van der Waals surface area contributed by atoms with Crippen molar-refractivity contribution in [1.82, 2.24) is 20.0 Å². The lowest BCUT2D eigenvalue weighted by atomic mass is 10.1. The monoisotopic (exact) mass is 275 g/mol.